The molecule has 0 aromatic heterocycles. The summed E-state index contributed by atoms with van der Waals surface area (Å²) in [6.45, 7) is 5.68. The monoisotopic (exact) mass is 433 g/mol. The van der Waals surface area contributed by atoms with Crippen molar-refractivity contribution in [3.8, 4) is 0 Å². The van der Waals surface area contributed by atoms with Gasteiger partial charge in [0.05, 0.1) is 18.6 Å². The predicted octanol–water partition coefficient (Wildman–Crippen LogP) is -3.85. The molecule has 0 radical (unpaired) electrons. The number of carbonyl (C=O) groups is 5. The Kier molecular flexibility index (Phi) is 10.9. The summed E-state index contributed by atoms with van der Waals surface area (Å²) in [5.41, 5.74) is 10.5. The van der Waals surface area contributed by atoms with Gasteiger partial charge in [0.25, 0.3) is 0 Å². The first-order valence-electron chi connectivity index (χ1n) is 9.22. The van der Waals surface area contributed by atoms with E-state index in [0.29, 0.717) is 0 Å². The van der Waals surface area contributed by atoms with Crippen molar-refractivity contribution < 1.29 is 39.3 Å². The molecule has 0 heterocycles. The maximum absolute atomic E-state index is 12.6. The summed E-state index contributed by atoms with van der Waals surface area (Å²) in [6.07, 6.45) is -3.31. The van der Waals surface area contributed by atoms with Crippen molar-refractivity contribution in [2.24, 2.45) is 17.4 Å². The summed E-state index contributed by atoms with van der Waals surface area (Å²) in [7, 11) is 0. The smallest absolute Gasteiger partial charge is 0.326 e. The van der Waals surface area contributed by atoms with E-state index in [-0.39, 0.29) is 0 Å². The van der Waals surface area contributed by atoms with E-state index < -0.39 is 78.3 Å². The summed E-state index contributed by atoms with van der Waals surface area (Å²) in [5, 5.41) is 35.0. The molecule has 6 unspecified atom stereocenters. The Morgan fingerprint density at radius 1 is 0.800 bits per heavy atom. The van der Waals surface area contributed by atoms with Crippen LogP contribution in [0.1, 0.15) is 34.1 Å². The lowest BCUT2D eigenvalue weighted by Crippen LogP contribution is -2.61. The molecule has 0 fully saturated rings. The summed E-state index contributed by atoms with van der Waals surface area (Å²) < 4.78 is 0. The quantitative estimate of drug-likeness (QED) is 0.150. The second-order valence-corrected chi connectivity index (χ2v) is 7.29. The number of hydrogen-bond donors (Lipinski definition) is 8. The third-order valence-corrected chi connectivity index (χ3v) is 4.15. The highest BCUT2D eigenvalue weighted by Gasteiger charge is 2.34. The molecule has 13 heteroatoms. The van der Waals surface area contributed by atoms with Gasteiger partial charge in [-0.2, -0.15) is 0 Å². The molecular formula is C17H31N5O8. The van der Waals surface area contributed by atoms with Crippen LogP contribution in [0, 0.1) is 5.92 Å². The average Bonchev–Trinajstić information content (AvgIpc) is 2.60. The molecule has 0 bridgehead atoms. The van der Waals surface area contributed by atoms with Crippen LogP contribution >= 0.6 is 0 Å². The van der Waals surface area contributed by atoms with Crippen LogP contribution in [0.5, 0.6) is 0 Å². The third kappa shape index (κ3) is 8.71. The molecular weight excluding hydrogens is 402 g/mol. The number of carboxylic acid groups (broad SMARTS) is 1. The molecule has 0 rings (SSSR count). The molecule has 172 valence electrons. The van der Waals surface area contributed by atoms with Crippen molar-refractivity contribution in [3.05, 3.63) is 0 Å². The van der Waals surface area contributed by atoms with Crippen molar-refractivity contribution in [2.45, 2.75) is 70.5 Å². The maximum Gasteiger partial charge on any atom is 0.326 e. The van der Waals surface area contributed by atoms with Gasteiger partial charge < -0.3 is 42.7 Å². The molecule has 10 N–H and O–H groups in total. The molecule has 0 aliphatic heterocycles. The molecule has 0 saturated heterocycles. The van der Waals surface area contributed by atoms with Crippen LogP contribution in [0.25, 0.3) is 0 Å². The van der Waals surface area contributed by atoms with E-state index in [1.165, 1.54) is 13.8 Å². The van der Waals surface area contributed by atoms with Crippen molar-refractivity contribution in [1.29, 1.82) is 0 Å². The molecule has 13 nitrogen and oxygen atoms in total. The predicted molar refractivity (Wildman–Crippen MR) is 103 cm³/mol. The van der Waals surface area contributed by atoms with Crippen LogP contribution in [-0.4, -0.2) is 81.3 Å². The van der Waals surface area contributed by atoms with E-state index in [4.69, 9.17) is 16.6 Å². The fraction of sp³-hybridized carbons (Fsp3) is 0.706. The van der Waals surface area contributed by atoms with Crippen molar-refractivity contribution >= 4 is 29.6 Å². The molecule has 0 aromatic rings. The number of amides is 4. The molecule has 0 aliphatic rings. The molecule has 6 atom stereocenters. The number of rotatable bonds is 12. The molecule has 30 heavy (non-hydrogen) atoms. The molecule has 0 spiro atoms. The first-order valence-corrected chi connectivity index (χ1v) is 9.22. The second kappa shape index (κ2) is 12.0. The van der Waals surface area contributed by atoms with E-state index in [0.717, 1.165) is 0 Å². The fourth-order valence-corrected chi connectivity index (χ4v) is 2.31. The molecule has 0 saturated carbocycles. The van der Waals surface area contributed by atoms with Crippen LogP contribution in [0.2, 0.25) is 0 Å². The van der Waals surface area contributed by atoms with E-state index >= 15 is 0 Å². The minimum atomic E-state index is -1.65. The Morgan fingerprint density at radius 3 is 1.63 bits per heavy atom. The lowest BCUT2D eigenvalue weighted by molar-refractivity contribution is -0.144. The van der Waals surface area contributed by atoms with Crippen LogP contribution in [0.15, 0.2) is 0 Å². The van der Waals surface area contributed by atoms with E-state index in [9.17, 15) is 34.2 Å². The van der Waals surface area contributed by atoms with Gasteiger partial charge in [0.15, 0.2) is 0 Å². The zero-order chi connectivity index (χ0) is 23.8. The number of primary amides is 1. The first-order chi connectivity index (χ1) is 13.7. The third-order valence-electron chi connectivity index (χ3n) is 4.15. The molecule has 0 aliphatic carbocycles. The topological polar surface area (TPSA) is 234 Å². The van der Waals surface area contributed by atoms with Gasteiger partial charge in [-0.05, 0) is 19.8 Å². The van der Waals surface area contributed by atoms with Gasteiger partial charge in [0.1, 0.15) is 24.2 Å². The Balaban J connectivity index is 5.39. The highest BCUT2D eigenvalue weighted by Crippen LogP contribution is 2.06. The van der Waals surface area contributed by atoms with Crippen LogP contribution in [0.3, 0.4) is 0 Å². The highest BCUT2D eigenvalue weighted by atomic mass is 16.4. The number of carboxylic acids is 1. The second-order valence-electron chi connectivity index (χ2n) is 7.29. The van der Waals surface area contributed by atoms with Gasteiger partial charge in [-0.1, -0.05) is 13.8 Å². The van der Waals surface area contributed by atoms with E-state index in [2.05, 4.69) is 10.6 Å². The van der Waals surface area contributed by atoms with Gasteiger partial charge in [-0.25, -0.2) is 4.79 Å². The number of nitrogens with two attached hydrogens (primary N) is 2. The highest BCUT2D eigenvalue weighted by molar-refractivity contribution is 5.95. The van der Waals surface area contributed by atoms with Gasteiger partial charge in [-0.15, -0.1) is 0 Å². The lowest BCUT2D eigenvalue weighted by Gasteiger charge is -2.28. The van der Waals surface area contributed by atoms with Crippen LogP contribution < -0.4 is 27.4 Å². The van der Waals surface area contributed by atoms with Gasteiger partial charge >= 0.3 is 5.97 Å². The van der Waals surface area contributed by atoms with Crippen molar-refractivity contribution in [1.82, 2.24) is 16.0 Å². The minimum Gasteiger partial charge on any atom is -0.480 e. The molecule has 0 aromatic carbocycles. The van der Waals surface area contributed by atoms with Crippen LogP contribution in [0.4, 0.5) is 0 Å². The molecule has 4 amide bonds. The maximum atomic E-state index is 12.6. The Hall–Kier alpha value is -2.77. The number of carbonyl (C=O) groups excluding carboxylic acids is 4. The number of nitrogens with one attached hydrogen (secondary N) is 3. The number of hydrogen-bond acceptors (Lipinski definition) is 8. The average molecular weight is 433 g/mol. The summed E-state index contributed by atoms with van der Waals surface area (Å²) in [4.78, 5) is 59.2. The SMILES string of the molecule is CC(C)C(NC(=O)C(N)C(C)O)C(=O)NC(C(=O)NC(CC(N)=O)C(=O)O)C(C)O. The number of aliphatic hydroxyl groups excluding tert-OH is 2. The normalized spacial score (nSPS) is 17.1. The zero-order valence-electron chi connectivity index (χ0n) is 17.3. The van der Waals surface area contributed by atoms with Crippen molar-refractivity contribution in [2.75, 3.05) is 0 Å². The van der Waals surface area contributed by atoms with Crippen LogP contribution in [-0.2, 0) is 24.0 Å². The van der Waals surface area contributed by atoms with E-state index in [1.54, 1.807) is 13.8 Å². The summed E-state index contributed by atoms with van der Waals surface area (Å²) in [5.74, 6) is -5.69. The van der Waals surface area contributed by atoms with Crippen molar-refractivity contribution in [3.63, 3.8) is 0 Å². The minimum absolute atomic E-state index is 0.463. The first kappa shape index (κ1) is 27.2. The van der Waals surface area contributed by atoms with Gasteiger partial charge in [0, 0.05) is 0 Å². The Morgan fingerprint density at radius 2 is 1.27 bits per heavy atom. The van der Waals surface area contributed by atoms with Gasteiger partial charge in [-0.3, -0.25) is 19.2 Å². The van der Waals surface area contributed by atoms with E-state index in [1.807, 2.05) is 5.32 Å². The number of aliphatic carboxylic acids is 1. The largest absolute Gasteiger partial charge is 0.480 e. The van der Waals surface area contributed by atoms with Gasteiger partial charge in [0.2, 0.25) is 23.6 Å². The Bertz CT molecular complexity index is 652. The Labute approximate surface area is 173 Å². The summed E-state index contributed by atoms with van der Waals surface area (Å²) >= 11 is 0. The fourth-order valence-electron chi connectivity index (χ4n) is 2.31. The standard InChI is InChI=1S/C17H31N5O8/c1-6(2)12(21-14(26)11(19)7(3)23)15(27)22-13(8(4)24)16(28)20-9(17(29)30)5-10(18)25/h6-9,11-13,23-24H,5,19H2,1-4H3,(H2,18,25)(H,20,28)(H,21,26)(H,22,27)(H,29,30). The summed E-state index contributed by atoms with van der Waals surface area (Å²) in [6, 6.07) is -5.70. The lowest BCUT2D eigenvalue weighted by atomic mass is 10.0. The zero-order valence-corrected chi connectivity index (χ0v) is 17.3. The number of aliphatic hydroxyl groups is 2.